The lowest BCUT2D eigenvalue weighted by Crippen LogP contribution is -1.84. The minimum Gasteiger partial charge on any atom is -0.260 e. The zero-order chi connectivity index (χ0) is 9.64. The Labute approximate surface area is 79.2 Å². The van der Waals surface area contributed by atoms with Crippen LogP contribution in [0.2, 0.25) is 0 Å². The molecule has 0 spiro atoms. The molecule has 7 heteroatoms. The van der Waals surface area contributed by atoms with E-state index in [1.807, 2.05) is 30.3 Å². The highest BCUT2D eigenvalue weighted by molar-refractivity contribution is 5.41. The minimum absolute atomic E-state index is 0.188. The topological polar surface area (TPSA) is 91.2 Å². The van der Waals surface area contributed by atoms with E-state index < -0.39 is 0 Å². The number of aromatic amines is 1. The summed E-state index contributed by atoms with van der Waals surface area (Å²) in [4.78, 5) is 0. The summed E-state index contributed by atoms with van der Waals surface area (Å²) >= 11 is 0. The second-order valence-corrected chi connectivity index (χ2v) is 2.39. The number of nitrogens with zero attached hydrogens (tertiary/aromatic N) is 5. The van der Waals surface area contributed by atoms with Gasteiger partial charge in [0.05, 0.1) is 5.69 Å². The molecule has 0 saturated heterocycles. The number of aromatic nitrogens is 4. The standard InChI is InChI=1S/C7H7N7/c1-2-4-6(5-3-1)8-12-9-7-10-13-14-11-7/h1-5H,(H2,8,9,10,11,13,14). The lowest BCUT2D eigenvalue weighted by molar-refractivity contribution is 0.881. The van der Waals surface area contributed by atoms with Crippen molar-refractivity contribution in [2.45, 2.75) is 0 Å². The van der Waals surface area contributed by atoms with Crippen molar-refractivity contribution < 1.29 is 0 Å². The number of anilines is 1. The molecule has 2 N–H and O–H groups in total. The fourth-order valence-corrected chi connectivity index (χ4v) is 0.839. The molecule has 0 unspecified atom stereocenters. The van der Waals surface area contributed by atoms with Crippen LogP contribution >= 0.6 is 0 Å². The van der Waals surface area contributed by atoms with Crippen molar-refractivity contribution in [1.82, 2.24) is 20.6 Å². The summed E-state index contributed by atoms with van der Waals surface area (Å²) < 4.78 is 0. The molecule has 1 aromatic carbocycles. The SMILES string of the molecule is c1ccc(N/N=N/c2nn[nH]n2)cc1. The van der Waals surface area contributed by atoms with Crippen LogP contribution in [-0.4, -0.2) is 20.6 Å². The number of hydrogen-bond acceptors (Lipinski definition) is 5. The van der Waals surface area contributed by atoms with Crippen LogP contribution in [0.25, 0.3) is 0 Å². The van der Waals surface area contributed by atoms with Crippen molar-refractivity contribution in [3.05, 3.63) is 30.3 Å². The quantitative estimate of drug-likeness (QED) is 0.562. The van der Waals surface area contributed by atoms with Crippen LogP contribution in [0, 0.1) is 0 Å². The lowest BCUT2D eigenvalue weighted by atomic mass is 10.3. The summed E-state index contributed by atoms with van der Waals surface area (Å²) in [5.74, 6) is 0.188. The molecule has 70 valence electrons. The van der Waals surface area contributed by atoms with E-state index in [1.165, 1.54) is 0 Å². The third-order valence-electron chi connectivity index (χ3n) is 1.43. The van der Waals surface area contributed by atoms with Gasteiger partial charge in [0.25, 0.3) is 0 Å². The number of benzene rings is 1. The number of nitrogens with one attached hydrogen (secondary N) is 2. The predicted molar refractivity (Wildman–Crippen MR) is 48.8 cm³/mol. The fourth-order valence-electron chi connectivity index (χ4n) is 0.839. The maximum absolute atomic E-state index is 3.67. The molecule has 2 aromatic rings. The van der Waals surface area contributed by atoms with E-state index in [0.29, 0.717) is 0 Å². The first-order chi connectivity index (χ1) is 6.95. The summed E-state index contributed by atoms with van der Waals surface area (Å²) in [7, 11) is 0. The van der Waals surface area contributed by atoms with Gasteiger partial charge in [0.1, 0.15) is 0 Å². The van der Waals surface area contributed by atoms with Gasteiger partial charge in [-0.15, -0.1) is 5.10 Å². The number of H-pyrrole nitrogens is 1. The maximum atomic E-state index is 3.67. The second kappa shape index (κ2) is 4.08. The van der Waals surface area contributed by atoms with Crippen molar-refractivity contribution >= 4 is 11.6 Å². The molecule has 14 heavy (non-hydrogen) atoms. The van der Waals surface area contributed by atoms with Crippen molar-refractivity contribution in [2.24, 2.45) is 10.3 Å². The number of hydrogen-bond donors (Lipinski definition) is 2. The monoisotopic (exact) mass is 189 g/mol. The highest BCUT2D eigenvalue weighted by Gasteiger charge is 1.91. The average Bonchev–Trinajstić information content (AvgIpc) is 2.72. The average molecular weight is 189 g/mol. The molecular weight excluding hydrogens is 182 g/mol. The molecule has 0 atom stereocenters. The van der Waals surface area contributed by atoms with Crippen LogP contribution in [0.15, 0.2) is 40.7 Å². The molecule has 2 rings (SSSR count). The van der Waals surface area contributed by atoms with Gasteiger partial charge < -0.3 is 0 Å². The van der Waals surface area contributed by atoms with Gasteiger partial charge in [0, 0.05) is 0 Å². The summed E-state index contributed by atoms with van der Waals surface area (Å²) in [6, 6.07) is 9.45. The van der Waals surface area contributed by atoms with Crippen molar-refractivity contribution in [3.63, 3.8) is 0 Å². The summed E-state index contributed by atoms with van der Waals surface area (Å²) in [6.45, 7) is 0. The zero-order valence-electron chi connectivity index (χ0n) is 7.12. The highest BCUT2D eigenvalue weighted by atomic mass is 15.5. The first kappa shape index (κ1) is 8.30. The molecule has 7 nitrogen and oxygen atoms in total. The highest BCUT2D eigenvalue weighted by Crippen LogP contribution is 2.05. The molecule has 0 saturated carbocycles. The molecule has 0 aliphatic rings. The lowest BCUT2D eigenvalue weighted by Gasteiger charge is -1.94. The summed E-state index contributed by atoms with van der Waals surface area (Å²) in [5, 5.41) is 20.1. The van der Waals surface area contributed by atoms with E-state index in [-0.39, 0.29) is 5.95 Å². The molecule has 0 radical (unpaired) electrons. The number of para-hydroxylation sites is 1. The smallest absolute Gasteiger partial charge is 0.260 e. The molecule has 0 aliphatic carbocycles. The third-order valence-corrected chi connectivity index (χ3v) is 1.43. The van der Waals surface area contributed by atoms with E-state index in [4.69, 9.17) is 0 Å². The Morgan fingerprint density at radius 3 is 2.79 bits per heavy atom. The summed E-state index contributed by atoms with van der Waals surface area (Å²) in [6.07, 6.45) is 0. The van der Waals surface area contributed by atoms with Gasteiger partial charge in [-0.3, -0.25) is 5.43 Å². The van der Waals surface area contributed by atoms with Gasteiger partial charge in [-0.25, -0.2) is 0 Å². The molecule has 0 aliphatic heterocycles. The Bertz CT molecular complexity index is 393. The minimum atomic E-state index is 0.188. The first-order valence-corrected chi connectivity index (χ1v) is 3.90. The largest absolute Gasteiger partial charge is 0.309 e. The van der Waals surface area contributed by atoms with Gasteiger partial charge in [-0.2, -0.15) is 5.21 Å². The predicted octanol–water partition coefficient (Wildman–Crippen LogP) is 1.31. The van der Waals surface area contributed by atoms with Gasteiger partial charge in [-0.1, -0.05) is 33.6 Å². The van der Waals surface area contributed by atoms with E-state index in [2.05, 4.69) is 36.4 Å². The Balaban J connectivity index is 1.95. The molecule has 0 fully saturated rings. The van der Waals surface area contributed by atoms with Crippen molar-refractivity contribution in [2.75, 3.05) is 5.43 Å². The van der Waals surface area contributed by atoms with E-state index in [1.54, 1.807) is 0 Å². The Hall–Kier alpha value is -2.31. The molecular formula is C7H7N7. The van der Waals surface area contributed by atoms with Gasteiger partial charge >= 0.3 is 5.95 Å². The number of tetrazole rings is 1. The van der Waals surface area contributed by atoms with Crippen LogP contribution in [0.4, 0.5) is 11.6 Å². The van der Waals surface area contributed by atoms with Crippen LogP contribution in [0.1, 0.15) is 0 Å². The number of rotatable bonds is 3. The molecule has 1 aromatic heterocycles. The fraction of sp³-hybridized carbons (Fsp3) is 0. The van der Waals surface area contributed by atoms with Crippen LogP contribution < -0.4 is 5.43 Å². The first-order valence-electron chi connectivity index (χ1n) is 3.90. The van der Waals surface area contributed by atoms with Crippen molar-refractivity contribution in [3.8, 4) is 0 Å². The van der Waals surface area contributed by atoms with Crippen LogP contribution in [0.5, 0.6) is 0 Å². The Morgan fingerprint density at radius 1 is 1.21 bits per heavy atom. The maximum Gasteiger partial charge on any atom is 0.309 e. The van der Waals surface area contributed by atoms with Crippen LogP contribution in [-0.2, 0) is 0 Å². The second-order valence-electron chi connectivity index (χ2n) is 2.39. The Kier molecular flexibility index (Phi) is 2.42. The zero-order valence-corrected chi connectivity index (χ0v) is 7.12. The van der Waals surface area contributed by atoms with E-state index in [9.17, 15) is 0 Å². The molecule has 0 amide bonds. The molecule has 0 bridgehead atoms. The third kappa shape index (κ3) is 2.09. The van der Waals surface area contributed by atoms with E-state index in [0.717, 1.165) is 5.69 Å². The van der Waals surface area contributed by atoms with E-state index >= 15 is 0 Å². The van der Waals surface area contributed by atoms with Gasteiger partial charge in [-0.05, 0) is 17.3 Å². The molecule has 1 heterocycles. The van der Waals surface area contributed by atoms with Gasteiger partial charge in [0.2, 0.25) is 0 Å². The van der Waals surface area contributed by atoms with Crippen molar-refractivity contribution in [1.29, 1.82) is 0 Å². The summed E-state index contributed by atoms with van der Waals surface area (Å²) in [5.41, 5.74) is 3.57. The normalized spacial score (nSPS) is 10.6. The Morgan fingerprint density at radius 2 is 2.07 bits per heavy atom. The van der Waals surface area contributed by atoms with Gasteiger partial charge in [0.15, 0.2) is 0 Å². The van der Waals surface area contributed by atoms with Crippen LogP contribution in [0.3, 0.4) is 0 Å².